The van der Waals surface area contributed by atoms with E-state index < -0.39 is 10.0 Å². The van der Waals surface area contributed by atoms with Crippen LogP contribution in [0.2, 0.25) is 0 Å². The van der Waals surface area contributed by atoms with Crippen molar-refractivity contribution < 1.29 is 13.2 Å². The van der Waals surface area contributed by atoms with E-state index in [1.165, 1.54) is 6.26 Å². The van der Waals surface area contributed by atoms with Gasteiger partial charge in [-0.3, -0.25) is 9.79 Å². The molecule has 1 amide bonds. The van der Waals surface area contributed by atoms with Crippen molar-refractivity contribution in [3.63, 3.8) is 0 Å². The third-order valence-electron chi connectivity index (χ3n) is 5.12. The van der Waals surface area contributed by atoms with Crippen LogP contribution in [0.4, 0.5) is 0 Å². The molecule has 8 nitrogen and oxygen atoms in total. The molecule has 0 aromatic carbocycles. The van der Waals surface area contributed by atoms with Gasteiger partial charge in [0.05, 0.1) is 6.26 Å². The number of guanidine groups is 1. The lowest BCUT2D eigenvalue weighted by molar-refractivity contribution is -0.121. The molecular formula is C16H31N5O3S. The molecule has 0 saturated carbocycles. The molecule has 25 heavy (non-hydrogen) atoms. The highest BCUT2D eigenvalue weighted by Crippen LogP contribution is 2.21. The van der Waals surface area contributed by atoms with Crippen molar-refractivity contribution in [2.24, 2.45) is 10.9 Å². The highest BCUT2D eigenvalue weighted by molar-refractivity contribution is 7.88. The number of likely N-dealkylation sites (tertiary alicyclic amines) is 1. The van der Waals surface area contributed by atoms with Gasteiger partial charge in [-0.25, -0.2) is 8.42 Å². The number of hydrogen-bond acceptors (Lipinski definition) is 4. The van der Waals surface area contributed by atoms with Crippen molar-refractivity contribution in [1.82, 2.24) is 19.8 Å². The molecule has 0 radical (unpaired) electrons. The number of carbonyl (C=O) groups excluding carboxylic acids is 1. The molecule has 9 heteroatoms. The summed E-state index contributed by atoms with van der Waals surface area (Å²) >= 11 is 0. The van der Waals surface area contributed by atoms with Gasteiger partial charge in [-0.2, -0.15) is 4.31 Å². The summed E-state index contributed by atoms with van der Waals surface area (Å²) in [5.41, 5.74) is 0. The van der Waals surface area contributed by atoms with E-state index in [1.807, 2.05) is 0 Å². The summed E-state index contributed by atoms with van der Waals surface area (Å²) in [7, 11) is 0.274. The molecule has 2 rings (SSSR count). The lowest BCUT2D eigenvalue weighted by Crippen LogP contribution is -2.50. The van der Waals surface area contributed by atoms with Gasteiger partial charge in [-0.1, -0.05) is 0 Å². The fraction of sp³-hybridized carbons (Fsp3) is 0.875. The Morgan fingerprint density at radius 2 is 1.88 bits per heavy atom. The van der Waals surface area contributed by atoms with Crippen molar-refractivity contribution in [3.8, 4) is 0 Å². The van der Waals surface area contributed by atoms with E-state index in [2.05, 4.69) is 20.5 Å². The standard InChI is InChI=1S/C16H31N5O3S/c1-17-15(22)11-13-6-9-20(10-7-13)16(18-2)19-12-14-5-4-8-21(14)25(3,23)24/h13-14H,4-12H2,1-3H3,(H,17,22)(H,18,19)/t14-/m1/s1. The molecule has 0 aromatic heterocycles. The van der Waals surface area contributed by atoms with Gasteiger partial charge in [-0.05, 0) is 31.6 Å². The zero-order chi connectivity index (χ0) is 18.4. The van der Waals surface area contributed by atoms with Gasteiger partial charge in [0.15, 0.2) is 5.96 Å². The molecule has 144 valence electrons. The van der Waals surface area contributed by atoms with Crippen LogP contribution in [-0.2, 0) is 14.8 Å². The summed E-state index contributed by atoms with van der Waals surface area (Å²) < 4.78 is 25.3. The normalized spacial score (nSPS) is 23.7. The van der Waals surface area contributed by atoms with Gasteiger partial charge < -0.3 is 15.5 Å². The van der Waals surface area contributed by atoms with Gasteiger partial charge in [0.1, 0.15) is 0 Å². The van der Waals surface area contributed by atoms with Crippen molar-refractivity contribution >= 4 is 21.9 Å². The predicted octanol–water partition coefficient (Wildman–Crippen LogP) is -0.166. The van der Waals surface area contributed by atoms with Crippen molar-refractivity contribution in [2.75, 3.05) is 46.5 Å². The third kappa shape index (κ3) is 5.57. The second-order valence-electron chi connectivity index (χ2n) is 6.91. The molecule has 2 heterocycles. The minimum absolute atomic E-state index is 0.00228. The summed E-state index contributed by atoms with van der Waals surface area (Å²) in [6.07, 6.45) is 5.58. The van der Waals surface area contributed by atoms with E-state index in [0.717, 1.165) is 44.7 Å². The number of amides is 1. The number of hydrogen-bond donors (Lipinski definition) is 2. The van der Waals surface area contributed by atoms with Crippen LogP contribution in [0, 0.1) is 5.92 Å². The Kier molecular flexibility index (Phi) is 7.06. The van der Waals surface area contributed by atoms with E-state index >= 15 is 0 Å². The van der Waals surface area contributed by atoms with Crippen LogP contribution in [0.15, 0.2) is 4.99 Å². The lowest BCUT2D eigenvalue weighted by Gasteiger charge is -2.34. The molecule has 1 atom stereocenters. The maximum absolute atomic E-state index is 11.8. The molecule has 0 aromatic rings. The van der Waals surface area contributed by atoms with E-state index in [0.29, 0.717) is 25.4 Å². The number of sulfonamides is 1. The molecule has 0 bridgehead atoms. The molecule has 2 N–H and O–H groups in total. The van der Waals surface area contributed by atoms with E-state index in [-0.39, 0.29) is 11.9 Å². The largest absolute Gasteiger partial charge is 0.359 e. The fourth-order valence-corrected chi connectivity index (χ4v) is 4.89. The van der Waals surface area contributed by atoms with Crippen molar-refractivity contribution in [1.29, 1.82) is 0 Å². The molecule has 2 saturated heterocycles. The monoisotopic (exact) mass is 373 g/mol. The number of carbonyl (C=O) groups is 1. The van der Waals surface area contributed by atoms with Crippen LogP contribution in [-0.4, -0.2) is 82.1 Å². The summed E-state index contributed by atoms with van der Waals surface area (Å²) in [6.45, 7) is 2.91. The minimum Gasteiger partial charge on any atom is -0.359 e. The number of nitrogens with zero attached hydrogens (tertiary/aromatic N) is 3. The molecule has 0 spiro atoms. The number of piperidine rings is 1. The van der Waals surface area contributed by atoms with E-state index in [1.54, 1.807) is 18.4 Å². The van der Waals surface area contributed by atoms with Gasteiger partial charge in [-0.15, -0.1) is 0 Å². The predicted molar refractivity (Wildman–Crippen MR) is 98.9 cm³/mol. The van der Waals surface area contributed by atoms with Gasteiger partial charge in [0.2, 0.25) is 15.9 Å². The Labute approximate surface area is 151 Å². The summed E-state index contributed by atoms with van der Waals surface area (Å²) in [5, 5.41) is 6.02. The quantitative estimate of drug-likeness (QED) is 0.516. The average Bonchev–Trinajstić information content (AvgIpc) is 3.05. The lowest BCUT2D eigenvalue weighted by atomic mass is 9.93. The molecule has 0 aliphatic carbocycles. The first kappa shape index (κ1) is 20.0. The first-order valence-electron chi connectivity index (χ1n) is 8.98. The Hall–Kier alpha value is -1.35. The van der Waals surface area contributed by atoms with Crippen molar-refractivity contribution in [3.05, 3.63) is 0 Å². The molecule has 2 aliphatic rings. The zero-order valence-corrected chi connectivity index (χ0v) is 16.3. The minimum atomic E-state index is -3.15. The van der Waals surface area contributed by atoms with E-state index in [9.17, 15) is 13.2 Å². The van der Waals surface area contributed by atoms with Crippen LogP contribution < -0.4 is 10.6 Å². The zero-order valence-electron chi connectivity index (χ0n) is 15.5. The summed E-state index contributed by atoms with van der Waals surface area (Å²) in [4.78, 5) is 18.0. The first-order valence-corrected chi connectivity index (χ1v) is 10.8. The van der Waals surface area contributed by atoms with Crippen LogP contribution in [0.25, 0.3) is 0 Å². The van der Waals surface area contributed by atoms with E-state index in [4.69, 9.17) is 0 Å². The van der Waals surface area contributed by atoms with Crippen molar-refractivity contribution in [2.45, 2.75) is 38.1 Å². The molecule has 2 fully saturated rings. The van der Waals surface area contributed by atoms with Crippen LogP contribution in [0.3, 0.4) is 0 Å². The highest BCUT2D eigenvalue weighted by Gasteiger charge is 2.32. The number of rotatable bonds is 5. The Morgan fingerprint density at radius 3 is 2.44 bits per heavy atom. The van der Waals surface area contributed by atoms with Gasteiger partial charge in [0, 0.05) is 52.7 Å². The topological polar surface area (TPSA) is 94.1 Å². The highest BCUT2D eigenvalue weighted by atomic mass is 32.2. The molecular weight excluding hydrogens is 342 g/mol. The van der Waals surface area contributed by atoms with Gasteiger partial charge >= 0.3 is 0 Å². The maximum atomic E-state index is 11.8. The van der Waals surface area contributed by atoms with Crippen LogP contribution in [0.5, 0.6) is 0 Å². The third-order valence-corrected chi connectivity index (χ3v) is 6.46. The second-order valence-corrected chi connectivity index (χ2v) is 8.84. The summed E-state index contributed by atoms with van der Waals surface area (Å²) in [5.74, 6) is 1.34. The van der Waals surface area contributed by atoms with Gasteiger partial charge in [0.25, 0.3) is 0 Å². The molecule has 0 unspecified atom stereocenters. The SMILES string of the molecule is CN=C(NC[C@H]1CCCN1S(C)(=O)=O)N1CCC(CC(=O)NC)CC1. The summed E-state index contributed by atoms with van der Waals surface area (Å²) in [6, 6.07) is -0.00228. The Balaban J connectivity index is 1.82. The number of nitrogens with one attached hydrogen (secondary N) is 2. The molecule has 2 aliphatic heterocycles. The smallest absolute Gasteiger partial charge is 0.220 e. The number of aliphatic imine (C=N–C) groups is 1. The Bertz CT molecular complexity index is 585. The second kappa shape index (κ2) is 8.84. The first-order chi connectivity index (χ1) is 11.8. The Morgan fingerprint density at radius 1 is 1.20 bits per heavy atom. The average molecular weight is 374 g/mol. The maximum Gasteiger partial charge on any atom is 0.220 e. The van der Waals surface area contributed by atoms with Crippen LogP contribution >= 0.6 is 0 Å². The fourth-order valence-electron chi connectivity index (χ4n) is 3.70. The van der Waals surface area contributed by atoms with Crippen LogP contribution in [0.1, 0.15) is 32.1 Å².